The van der Waals surface area contributed by atoms with E-state index in [0.717, 1.165) is 22.6 Å². The van der Waals surface area contributed by atoms with Crippen LogP contribution in [0.3, 0.4) is 0 Å². The summed E-state index contributed by atoms with van der Waals surface area (Å²) in [5, 5.41) is 3.44. The molecule has 0 aliphatic rings. The summed E-state index contributed by atoms with van der Waals surface area (Å²) in [5.74, 6) is 0. The zero-order valence-corrected chi connectivity index (χ0v) is 12.3. The molecule has 0 saturated carbocycles. The van der Waals surface area contributed by atoms with Gasteiger partial charge in [-0.25, -0.2) is 4.98 Å². The van der Waals surface area contributed by atoms with E-state index in [1.165, 1.54) is 15.8 Å². The topological polar surface area (TPSA) is 24.9 Å². The average molecular weight is 286 g/mol. The number of thiol groups is 1. The lowest BCUT2D eigenvalue weighted by Crippen LogP contribution is -1.99. The van der Waals surface area contributed by atoms with Crippen LogP contribution in [0.5, 0.6) is 0 Å². The third-order valence-electron chi connectivity index (χ3n) is 3.09. The van der Waals surface area contributed by atoms with Crippen molar-refractivity contribution in [2.24, 2.45) is 0 Å². The van der Waals surface area contributed by atoms with Gasteiger partial charge in [0, 0.05) is 17.1 Å². The van der Waals surface area contributed by atoms with Crippen LogP contribution in [-0.2, 0) is 6.54 Å². The molecule has 4 heteroatoms. The van der Waals surface area contributed by atoms with Crippen molar-refractivity contribution in [2.75, 3.05) is 5.32 Å². The van der Waals surface area contributed by atoms with Crippen molar-refractivity contribution >= 4 is 39.9 Å². The average Bonchev–Trinajstić information content (AvgIpc) is 2.87. The molecule has 19 heavy (non-hydrogen) atoms. The third kappa shape index (κ3) is 2.74. The molecule has 1 heterocycles. The van der Waals surface area contributed by atoms with Crippen LogP contribution in [0.15, 0.2) is 46.8 Å². The fourth-order valence-electron chi connectivity index (χ4n) is 2.00. The van der Waals surface area contributed by atoms with Gasteiger partial charge in [-0.05, 0) is 42.3 Å². The lowest BCUT2D eigenvalue weighted by Gasteiger charge is -2.08. The van der Waals surface area contributed by atoms with E-state index in [1.54, 1.807) is 11.3 Å². The molecule has 1 aromatic heterocycles. The molecule has 96 valence electrons. The number of nitrogens with one attached hydrogen (secondary N) is 1. The van der Waals surface area contributed by atoms with Crippen LogP contribution >= 0.6 is 24.0 Å². The van der Waals surface area contributed by atoms with Crippen LogP contribution in [0.25, 0.3) is 10.2 Å². The van der Waals surface area contributed by atoms with Gasteiger partial charge in [0.2, 0.25) is 0 Å². The van der Waals surface area contributed by atoms with Crippen LogP contribution in [0, 0.1) is 6.92 Å². The van der Waals surface area contributed by atoms with Gasteiger partial charge in [-0.3, -0.25) is 0 Å². The van der Waals surface area contributed by atoms with Crippen molar-refractivity contribution < 1.29 is 0 Å². The first-order valence-electron chi connectivity index (χ1n) is 6.08. The predicted molar refractivity (Wildman–Crippen MR) is 85.4 cm³/mol. The van der Waals surface area contributed by atoms with E-state index in [1.807, 2.05) is 11.6 Å². The van der Waals surface area contributed by atoms with Crippen LogP contribution in [-0.4, -0.2) is 4.98 Å². The van der Waals surface area contributed by atoms with Crippen LogP contribution in [0.1, 0.15) is 11.1 Å². The van der Waals surface area contributed by atoms with Crippen molar-refractivity contribution in [3.05, 3.63) is 53.0 Å². The summed E-state index contributed by atoms with van der Waals surface area (Å²) >= 11 is 6.06. The predicted octanol–water partition coefficient (Wildman–Crippen LogP) is 4.51. The molecule has 0 radical (unpaired) electrons. The summed E-state index contributed by atoms with van der Waals surface area (Å²) in [6.07, 6.45) is 0. The second-order valence-electron chi connectivity index (χ2n) is 4.51. The fourth-order valence-corrected chi connectivity index (χ4v) is 2.85. The molecule has 0 saturated heterocycles. The van der Waals surface area contributed by atoms with E-state index >= 15 is 0 Å². The zero-order chi connectivity index (χ0) is 13.2. The number of hydrogen-bond donors (Lipinski definition) is 2. The Morgan fingerprint density at radius 1 is 1.21 bits per heavy atom. The van der Waals surface area contributed by atoms with Gasteiger partial charge in [-0.2, -0.15) is 0 Å². The van der Waals surface area contributed by atoms with Crippen molar-refractivity contribution in [3.63, 3.8) is 0 Å². The number of nitrogens with zero attached hydrogens (tertiary/aromatic N) is 1. The number of hydrogen-bond acceptors (Lipinski definition) is 4. The summed E-state index contributed by atoms with van der Waals surface area (Å²) in [5.41, 5.74) is 6.54. The number of thiazole rings is 1. The standard InChI is InChI=1S/C15H14N2S2/c1-10-6-11(2-5-14(10)18)8-16-12-3-4-13-15(7-12)19-9-17-13/h2-7,9,16,18H,8H2,1H3. The molecule has 0 amide bonds. The second-order valence-corrected chi connectivity index (χ2v) is 5.88. The molecule has 3 aromatic rings. The maximum absolute atomic E-state index is 4.39. The monoisotopic (exact) mass is 286 g/mol. The smallest absolute Gasteiger partial charge is 0.0813 e. The third-order valence-corrected chi connectivity index (χ3v) is 4.38. The first kappa shape index (κ1) is 12.5. The highest BCUT2D eigenvalue weighted by Crippen LogP contribution is 2.22. The number of benzene rings is 2. The summed E-state index contributed by atoms with van der Waals surface area (Å²) in [4.78, 5) is 5.32. The van der Waals surface area contributed by atoms with Crippen molar-refractivity contribution in [1.82, 2.24) is 4.98 Å². The lowest BCUT2D eigenvalue weighted by molar-refractivity contribution is 1.12. The molecular formula is C15H14N2S2. The molecule has 0 unspecified atom stereocenters. The molecule has 0 fully saturated rings. The van der Waals surface area contributed by atoms with E-state index in [4.69, 9.17) is 0 Å². The van der Waals surface area contributed by atoms with Crippen LogP contribution in [0.2, 0.25) is 0 Å². The number of fused-ring (bicyclic) bond motifs is 1. The Hall–Kier alpha value is -1.52. The van der Waals surface area contributed by atoms with E-state index in [0.29, 0.717) is 0 Å². The molecule has 3 rings (SSSR count). The molecule has 2 aromatic carbocycles. The van der Waals surface area contributed by atoms with Gasteiger partial charge >= 0.3 is 0 Å². The Labute approximate surface area is 121 Å². The Balaban J connectivity index is 1.75. The maximum Gasteiger partial charge on any atom is 0.0813 e. The molecule has 0 aliphatic heterocycles. The summed E-state index contributed by atoms with van der Waals surface area (Å²) in [7, 11) is 0. The van der Waals surface area contributed by atoms with Gasteiger partial charge in [0.15, 0.2) is 0 Å². The van der Waals surface area contributed by atoms with Gasteiger partial charge < -0.3 is 5.32 Å². The number of anilines is 1. The van der Waals surface area contributed by atoms with Gasteiger partial charge in [0.25, 0.3) is 0 Å². The highest BCUT2D eigenvalue weighted by atomic mass is 32.1. The molecular weight excluding hydrogens is 272 g/mol. The largest absolute Gasteiger partial charge is 0.381 e. The minimum atomic E-state index is 0.819. The number of rotatable bonds is 3. The van der Waals surface area contributed by atoms with Gasteiger partial charge in [-0.15, -0.1) is 24.0 Å². The first-order valence-corrected chi connectivity index (χ1v) is 7.41. The number of aromatic nitrogens is 1. The minimum Gasteiger partial charge on any atom is -0.381 e. The van der Waals surface area contributed by atoms with Crippen molar-refractivity contribution in [1.29, 1.82) is 0 Å². The Bertz CT molecular complexity index is 719. The molecule has 0 atom stereocenters. The SMILES string of the molecule is Cc1cc(CNc2ccc3ncsc3c2)ccc1S. The van der Waals surface area contributed by atoms with E-state index in [9.17, 15) is 0 Å². The van der Waals surface area contributed by atoms with E-state index in [2.05, 4.69) is 60.2 Å². The molecule has 0 bridgehead atoms. The van der Waals surface area contributed by atoms with Gasteiger partial charge in [0.05, 0.1) is 15.7 Å². The summed E-state index contributed by atoms with van der Waals surface area (Å²) < 4.78 is 1.21. The maximum atomic E-state index is 4.39. The van der Waals surface area contributed by atoms with Gasteiger partial charge in [-0.1, -0.05) is 12.1 Å². The molecule has 2 nitrogen and oxygen atoms in total. The van der Waals surface area contributed by atoms with Crippen molar-refractivity contribution in [2.45, 2.75) is 18.4 Å². The Morgan fingerprint density at radius 2 is 2.11 bits per heavy atom. The Kier molecular flexibility index (Phi) is 3.44. The highest BCUT2D eigenvalue weighted by Gasteiger charge is 2.00. The molecule has 1 N–H and O–H groups in total. The van der Waals surface area contributed by atoms with E-state index in [-0.39, 0.29) is 0 Å². The first-order chi connectivity index (χ1) is 9.22. The molecule has 0 spiro atoms. The van der Waals surface area contributed by atoms with Crippen LogP contribution < -0.4 is 5.32 Å². The van der Waals surface area contributed by atoms with E-state index < -0.39 is 0 Å². The second kappa shape index (κ2) is 5.23. The lowest BCUT2D eigenvalue weighted by atomic mass is 10.1. The fraction of sp³-hybridized carbons (Fsp3) is 0.133. The minimum absolute atomic E-state index is 0.819. The van der Waals surface area contributed by atoms with Crippen molar-refractivity contribution in [3.8, 4) is 0 Å². The summed E-state index contributed by atoms with van der Waals surface area (Å²) in [6, 6.07) is 12.6. The highest BCUT2D eigenvalue weighted by molar-refractivity contribution is 7.80. The quantitative estimate of drug-likeness (QED) is 0.693. The van der Waals surface area contributed by atoms with Crippen LogP contribution in [0.4, 0.5) is 5.69 Å². The zero-order valence-electron chi connectivity index (χ0n) is 10.6. The Morgan fingerprint density at radius 3 is 2.95 bits per heavy atom. The van der Waals surface area contributed by atoms with Gasteiger partial charge in [0.1, 0.15) is 0 Å². The summed E-state index contributed by atoms with van der Waals surface area (Å²) in [6.45, 7) is 2.90. The number of aryl methyl sites for hydroxylation is 1. The normalized spacial score (nSPS) is 10.8. The molecule has 0 aliphatic carbocycles.